The number of nitrogens with one attached hydrogen (secondary N) is 2. The predicted molar refractivity (Wildman–Crippen MR) is 146 cm³/mol. The molecule has 0 aliphatic rings. The number of anilines is 4. The molecular weight excluding hydrogens is 538 g/mol. The molecule has 0 bridgehead atoms. The number of rotatable bonds is 11. The summed E-state index contributed by atoms with van der Waals surface area (Å²) in [6.45, 7) is 3.61. The Morgan fingerprint density at radius 2 is 1.73 bits per heavy atom. The molecule has 0 spiro atoms. The van der Waals surface area contributed by atoms with Crippen LogP contribution < -0.4 is 15.4 Å². The number of hydrogen-bond donors (Lipinski definition) is 2. The Balaban J connectivity index is 1.90. The zero-order valence-electron chi connectivity index (χ0n) is 21.2. The Labute approximate surface area is 222 Å². The maximum absolute atomic E-state index is 12.8. The second kappa shape index (κ2) is 11.6. The van der Waals surface area contributed by atoms with E-state index >= 15 is 0 Å². The number of nitrogens with zero attached hydrogens (tertiary/aromatic N) is 3. The fourth-order valence-electron chi connectivity index (χ4n) is 3.22. The Bertz CT molecular complexity index is 1480. The van der Waals surface area contributed by atoms with Crippen LogP contribution in [0.25, 0.3) is 0 Å². The molecule has 2 N–H and O–H groups in total. The maximum atomic E-state index is 12.8. The third-order valence-electron chi connectivity index (χ3n) is 5.40. The zero-order valence-corrected chi connectivity index (χ0v) is 23.6. The monoisotopic (exact) mass is 567 g/mol. The maximum Gasteiger partial charge on any atom is 0.229 e. The predicted octanol–water partition coefficient (Wildman–Crippen LogP) is 4.14. The van der Waals surface area contributed by atoms with E-state index in [4.69, 9.17) is 16.3 Å². The van der Waals surface area contributed by atoms with Crippen molar-refractivity contribution in [2.45, 2.75) is 28.9 Å². The fraction of sp³-hybridized carbons (Fsp3) is 0.333. The Morgan fingerprint density at radius 3 is 2.38 bits per heavy atom. The van der Waals surface area contributed by atoms with Gasteiger partial charge in [-0.3, -0.25) is 0 Å². The van der Waals surface area contributed by atoms with Gasteiger partial charge < -0.3 is 20.3 Å². The van der Waals surface area contributed by atoms with Crippen molar-refractivity contribution >= 4 is 54.4 Å². The molecule has 0 aliphatic heterocycles. The van der Waals surface area contributed by atoms with E-state index in [1.165, 1.54) is 31.5 Å². The lowest BCUT2D eigenvalue weighted by atomic mass is 10.3. The molecule has 0 amide bonds. The van der Waals surface area contributed by atoms with Gasteiger partial charge in [-0.05, 0) is 52.2 Å². The molecule has 0 unspecified atom stereocenters. The van der Waals surface area contributed by atoms with E-state index in [1.54, 1.807) is 57.1 Å². The molecule has 0 atom stereocenters. The molecule has 13 heteroatoms. The molecule has 200 valence electrons. The highest BCUT2D eigenvalue weighted by Gasteiger charge is 2.23. The van der Waals surface area contributed by atoms with Crippen LogP contribution in [0.4, 0.5) is 23.1 Å². The number of hydrogen-bond acceptors (Lipinski definition) is 10. The van der Waals surface area contributed by atoms with E-state index in [1.807, 2.05) is 0 Å². The first-order chi connectivity index (χ1) is 17.3. The molecule has 3 rings (SSSR count). The lowest BCUT2D eigenvalue weighted by Gasteiger charge is -2.16. The van der Waals surface area contributed by atoms with E-state index in [0.29, 0.717) is 17.9 Å². The summed E-state index contributed by atoms with van der Waals surface area (Å²) in [6.07, 6.45) is 1.37. The van der Waals surface area contributed by atoms with Crippen molar-refractivity contribution in [2.24, 2.45) is 0 Å². The number of halogens is 1. The van der Waals surface area contributed by atoms with Crippen LogP contribution in [-0.2, 0) is 19.7 Å². The summed E-state index contributed by atoms with van der Waals surface area (Å²) in [5.74, 6) is 0.580. The van der Waals surface area contributed by atoms with Gasteiger partial charge in [-0.1, -0.05) is 23.7 Å². The van der Waals surface area contributed by atoms with Crippen LogP contribution in [0.2, 0.25) is 5.02 Å². The summed E-state index contributed by atoms with van der Waals surface area (Å²) < 4.78 is 56.4. The van der Waals surface area contributed by atoms with Gasteiger partial charge in [-0.15, -0.1) is 0 Å². The van der Waals surface area contributed by atoms with Crippen molar-refractivity contribution in [3.63, 3.8) is 0 Å². The lowest BCUT2D eigenvalue weighted by Crippen LogP contribution is -2.22. The number of ether oxygens (including phenoxy) is 1. The van der Waals surface area contributed by atoms with E-state index < -0.39 is 24.9 Å². The van der Waals surface area contributed by atoms with Gasteiger partial charge in [0.25, 0.3) is 0 Å². The van der Waals surface area contributed by atoms with Crippen LogP contribution in [-0.4, -0.2) is 70.5 Å². The molecule has 0 aliphatic carbocycles. The molecule has 2 aromatic carbocycles. The van der Waals surface area contributed by atoms with Gasteiger partial charge in [-0.25, -0.2) is 21.8 Å². The summed E-state index contributed by atoms with van der Waals surface area (Å²) in [5, 5.41) is 5.56. The molecule has 1 heterocycles. The second-order valence-corrected chi connectivity index (χ2v) is 13.7. The number of benzene rings is 2. The van der Waals surface area contributed by atoms with Crippen LogP contribution in [0.1, 0.15) is 13.8 Å². The Morgan fingerprint density at radius 1 is 1.03 bits per heavy atom. The number of aromatic nitrogens is 2. The molecule has 3 aromatic rings. The van der Waals surface area contributed by atoms with Crippen molar-refractivity contribution in [1.29, 1.82) is 0 Å². The lowest BCUT2D eigenvalue weighted by molar-refractivity contribution is 0.415. The Kier molecular flexibility index (Phi) is 9.00. The van der Waals surface area contributed by atoms with E-state index in [-0.39, 0.29) is 38.1 Å². The highest BCUT2D eigenvalue weighted by atomic mass is 35.5. The van der Waals surface area contributed by atoms with Crippen LogP contribution >= 0.6 is 11.6 Å². The Hall–Kier alpha value is -2.93. The van der Waals surface area contributed by atoms with Gasteiger partial charge in [0.1, 0.15) is 10.8 Å². The quantitative estimate of drug-likeness (QED) is 0.348. The summed E-state index contributed by atoms with van der Waals surface area (Å²) in [4.78, 5) is 10.6. The van der Waals surface area contributed by atoms with Crippen molar-refractivity contribution in [2.75, 3.05) is 44.1 Å². The van der Waals surface area contributed by atoms with Crippen LogP contribution in [0.3, 0.4) is 0 Å². The fourth-order valence-corrected chi connectivity index (χ4v) is 5.97. The minimum absolute atomic E-state index is 0.0285. The third kappa shape index (κ3) is 6.89. The standard InChI is InChI=1S/C24H30ClN5O5S2/c1-16(2)37(33,34)22-9-7-6-8-20(22)27-23-18(25)15-26-24(29-23)28-19-11-10-17(14-21(19)35-5)36(31,32)13-12-30(3)4/h6-11,14-16H,12-13H2,1-5H3,(H2,26,27,28,29). The number of methoxy groups -OCH3 is 1. The third-order valence-corrected chi connectivity index (χ3v) is 9.58. The molecule has 37 heavy (non-hydrogen) atoms. The summed E-state index contributed by atoms with van der Waals surface area (Å²) in [5.41, 5.74) is 0.762. The average Bonchev–Trinajstić information content (AvgIpc) is 2.85. The molecule has 0 fully saturated rings. The first-order valence-corrected chi connectivity index (χ1v) is 14.9. The summed E-state index contributed by atoms with van der Waals surface area (Å²) >= 11 is 6.30. The second-order valence-electron chi connectivity index (χ2n) is 8.71. The van der Waals surface area contributed by atoms with E-state index in [9.17, 15) is 16.8 Å². The summed E-state index contributed by atoms with van der Waals surface area (Å²) in [7, 11) is -2.03. The largest absolute Gasteiger partial charge is 0.495 e. The van der Waals surface area contributed by atoms with Crippen molar-refractivity contribution < 1.29 is 21.6 Å². The van der Waals surface area contributed by atoms with Gasteiger partial charge in [-0.2, -0.15) is 4.98 Å². The first-order valence-electron chi connectivity index (χ1n) is 11.3. The summed E-state index contributed by atoms with van der Waals surface area (Å²) in [6, 6.07) is 11.0. The van der Waals surface area contributed by atoms with Gasteiger partial charge in [0.05, 0.1) is 45.5 Å². The number of para-hydroxylation sites is 1. The van der Waals surface area contributed by atoms with Crippen molar-refractivity contribution in [3.05, 3.63) is 53.7 Å². The highest BCUT2D eigenvalue weighted by Crippen LogP contribution is 2.33. The van der Waals surface area contributed by atoms with Crippen LogP contribution in [0.15, 0.2) is 58.5 Å². The minimum Gasteiger partial charge on any atom is -0.495 e. The number of sulfone groups is 2. The minimum atomic E-state index is -3.57. The van der Waals surface area contributed by atoms with Crippen LogP contribution in [0.5, 0.6) is 5.75 Å². The smallest absolute Gasteiger partial charge is 0.229 e. The normalized spacial score (nSPS) is 12.1. The average molecular weight is 568 g/mol. The van der Waals surface area contributed by atoms with Crippen LogP contribution in [0, 0.1) is 0 Å². The zero-order chi connectivity index (χ0) is 27.4. The van der Waals surface area contributed by atoms with Gasteiger partial charge in [0.15, 0.2) is 25.5 Å². The molecule has 1 aromatic heterocycles. The van der Waals surface area contributed by atoms with Crippen molar-refractivity contribution in [3.8, 4) is 5.75 Å². The van der Waals surface area contributed by atoms with Crippen molar-refractivity contribution in [1.82, 2.24) is 14.9 Å². The molecule has 0 saturated carbocycles. The molecule has 10 nitrogen and oxygen atoms in total. The molecular formula is C24H30ClN5O5S2. The van der Waals surface area contributed by atoms with E-state index in [0.717, 1.165) is 0 Å². The van der Waals surface area contributed by atoms with E-state index in [2.05, 4.69) is 20.6 Å². The molecule has 0 saturated heterocycles. The van der Waals surface area contributed by atoms with Gasteiger partial charge in [0, 0.05) is 12.6 Å². The highest BCUT2D eigenvalue weighted by molar-refractivity contribution is 7.92. The topological polar surface area (TPSA) is 131 Å². The van der Waals surface area contributed by atoms with Gasteiger partial charge >= 0.3 is 0 Å². The van der Waals surface area contributed by atoms with Gasteiger partial charge in [0.2, 0.25) is 5.95 Å². The molecule has 0 radical (unpaired) electrons. The SMILES string of the molecule is COc1cc(S(=O)(=O)CCN(C)C)ccc1Nc1ncc(Cl)c(Nc2ccccc2S(=O)(=O)C(C)C)n1. The first kappa shape index (κ1) is 28.6.